The lowest BCUT2D eigenvalue weighted by Gasteiger charge is -2.39. The number of carbonyl (C=O) groups excluding carboxylic acids is 3. The van der Waals surface area contributed by atoms with Crippen LogP contribution in [-0.4, -0.2) is 84.1 Å². The van der Waals surface area contributed by atoms with Crippen LogP contribution in [-0.2, 0) is 30.4 Å². The largest absolute Gasteiger partial charge is 0.347 e. The molecule has 1 aromatic rings. The smallest absolute Gasteiger partial charge is 0.312 e. The second kappa shape index (κ2) is 8.12. The zero-order chi connectivity index (χ0) is 20.4. The third-order valence-electron chi connectivity index (χ3n) is 5.87. The van der Waals surface area contributed by atoms with Crippen LogP contribution in [0.25, 0.3) is 0 Å². The highest BCUT2D eigenvalue weighted by Gasteiger charge is 2.41. The Morgan fingerprint density at radius 1 is 1.00 bits per heavy atom. The van der Waals surface area contributed by atoms with E-state index in [0.717, 1.165) is 11.1 Å². The average molecular weight is 401 g/mol. The fraction of sp³-hybridized carbons (Fsp3) is 0.571. The Morgan fingerprint density at radius 2 is 1.66 bits per heavy atom. The summed E-state index contributed by atoms with van der Waals surface area (Å²) < 4.78 is 11.4. The predicted octanol–water partition coefficient (Wildman–Crippen LogP) is 0.531. The molecule has 0 aromatic heterocycles. The number of carbonyl (C=O) groups is 3. The van der Waals surface area contributed by atoms with Gasteiger partial charge in [0.2, 0.25) is 5.91 Å². The van der Waals surface area contributed by atoms with E-state index in [1.54, 1.807) is 9.80 Å². The molecule has 8 nitrogen and oxygen atoms in total. The topological polar surface area (TPSA) is 79.4 Å². The van der Waals surface area contributed by atoms with E-state index in [4.69, 9.17) is 9.47 Å². The Kier molecular flexibility index (Phi) is 5.56. The van der Waals surface area contributed by atoms with Gasteiger partial charge in [0.15, 0.2) is 5.79 Å². The summed E-state index contributed by atoms with van der Waals surface area (Å²) in [6.45, 7) is 5.40. The minimum absolute atomic E-state index is 0.0580. The first-order chi connectivity index (χ1) is 14.0. The molecule has 4 rings (SSSR count). The number of hydrogen-bond donors (Lipinski definition) is 0. The molecule has 1 spiro atoms. The molecule has 0 radical (unpaired) electrons. The summed E-state index contributed by atoms with van der Waals surface area (Å²) in [7, 11) is 0. The highest BCUT2D eigenvalue weighted by Crippen LogP contribution is 2.31. The highest BCUT2D eigenvalue weighted by molar-refractivity contribution is 6.35. The molecule has 0 saturated carbocycles. The molecular formula is C21H27N3O5. The number of nitrogens with zero attached hydrogens (tertiary/aromatic N) is 3. The Bertz CT molecular complexity index is 795. The van der Waals surface area contributed by atoms with Gasteiger partial charge in [-0.25, -0.2) is 0 Å². The van der Waals surface area contributed by atoms with Gasteiger partial charge in [0.1, 0.15) is 6.54 Å². The normalized spacial score (nSPS) is 21.9. The SMILES string of the molecule is Cc1cccc(CN2CCN(CC(=O)N3CCC4(CC3)OCCO4)C(=O)C2=O)c1. The van der Waals surface area contributed by atoms with Crippen molar-refractivity contribution in [1.82, 2.24) is 14.7 Å². The molecule has 3 fully saturated rings. The van der Waals surface area contributed by atoms with E-state index >= 15 is 0 Å². The number of piperidine rings is 1. The van der Waals surface area contributed by atoms with Gasteiger partial charge in [-0.3, -0.25) is 14.4 Å². The van der Waals surface area contributed by atoms with Gasteiger partial charge < -0.3 is 24.2 Å². The van der Waals surface area contributed by atoms with E-state index in [1.165, 1.54) is 4.90 Å². The summed E-state index contributed by atoms with van der Waals surface area (Å²) in [5.74, 6) is -1.82. The fourth-order valence-electron chi connectivity index (χ4n) is 4.19. The van der Waals surface area contributed by atoms with Crippen LogP contribution in [0.1, 0.15) is 24.0 Å². The van der Waals surface area contributed by atoms with Gasteiger partial charge in [0.05, 0.1) is 13.2 Å². The van der Waals surface area contributed by atoms with Crippen molar-refractivity contribution in [2.45, 2.75) is 32.1 Å². The molecule has 0 N–H and O–H groups in total. The Hall–Kier alpha value is -2.45. The van der Waals surface area contributed by atoms with Crippen LogP contribution in [0.2, 0.25) is 0 Å². The third-order valence-corrected chi connectivity index (χ3v) is 5.87. The van der Waals surface area contributed by atoms with Crippen molar-refractivity contribution >= 4 is 17.7 Å². The zero-order valence-corrected chi connectivity index (χ0v) is 16.8. The molecule has 3 heterocycles. The Balaban J connectivity index is 1.30. The highest BCUT2D eigenvalue weighted by atomic mass is 16.7. The molecule has 0 aliphatic carbocycles. The molecule has 1 aromatic carbocycles. The summed E-state index contributed by atoms with van der Waals surface area (Å²) >= 11 is 0. The molecule has 156 valence electrons. The van der Waals surface area contributed by atoms with E-state index in [-0.39, 0.29) is 12.5 Å². The van der Waals surface area contributed by atoms with E-state index in [2.05, 4.69) is 0 Å². The lowest BCUT2D eigenvalue weighted by atomic mass is 10.0. The molecule has 3 saturated heterocycles. The summed E-state index contributed by atoms with van der Waals surface area (Å²) in [6.07, 6.45) is 1.27. The van der Waals surface area contributed by atoms with Gasteiger partial charge in [0, 0.05) is 45.6 Å². The summed E-state index contributed by atoms with van der Waals surface area (Å²) in [5, 5.41) is 0. The lowest BCUT2D eigenvalue weighted by Crippen LogP contribution is -2.57. The second-order valence-corrected chi connectivity index (χ2v) is 7.93. The lowest BCUT2D eigenvalue weighted by molar-refractivity contribution is -0.188. The minimum atomic E-state index is -0.604. The van der Waals surface area contributed by atoms with Gasteiger partial charge in [-0.05, 0) is 12.5 Å². The molecular weight excluding hydrogens is 374 g/mol. The van der Waals surface area contributed by atoms with Crippen LogP contribution in [0.4, 0.5) is 0 Å². The minimum Gasteiger partial charge on any atom is -0.347 e. The van der Waals surface area contributed by atoms with E-state index in [0.29, 0.717) is 58.8 Å². The van der Waals surface area contributed by atoms with Crippen LogP contribution in [0, 0.1) is 6.92 Å². The summed E-state index contributed by atoms with van der Waals surface area (Å²) in [6, 6.07) is 7.89. The standard InChI is InChI=1S/C21H27N3O5/c1-16-3-2-4-17(13-16)14-23-9-10-24(20(27)19(23)26)15-18(25)22-7-5-21(6-8-22)28-11-12-29-21/h2-4,13H,5-12,14-15H2,1H3. The molecule has 0 unspecified atom stereocenters. The summed E-state index contributed by atoms with van der Waals surface area (Å²) in [4.78, 5) is 42.4. The average Bonchev–Trinajstić information content (AvgIpc) is 3.16. The number of hydrogen-bond acceptors (Lipinski definition) is 5. The first kappa shape index (κ1) is 19.8. The first-order valence-corrected chi connectivity index (χ1v) is 10.2. The van der Waals surface area contributed by atoms with Gasteiger partial charge in [-0.2, -0.15) is 0 Å². The first-order valence-electron chi connectivity index (χ1n) is 10.2. The van der Waals surface area contributed by atoms with Gasteiger partial charge in [0.25, 0.3) is 0 Å². The van der Waals surface area contributed by atoms with Crippen molar-refractivity contribution < 1.29 is 23.9 Å². The fourth-order valence-corrected chi connectivity index (χ4v) is 4.19. The molecule has 0 bridgehead atoms. The van der Waals surface area contributed by atoms with Crippen LogP contribution in [0.3, 0.4) is 0 Å². The van der Waals surface area contributed by atoms with Crippen molar-refractivity contribution in [2.24, 2.45) is 0 Å². The molecule has 3 amide bonds. The number of piperazine rings is 1. The van der Waals surface area contributed by atoms with Crippen LogP contribution in [0.5, 0.6) is 0 Å². The third kappa shape index (κ3) is 4.28. The van der Waals surface area contributed by atoms with Crippen LogP contribution >= 0.6 is 0 Å². The zero-order valence-electron chi connectivity index (χ0n) is 16.8. The van der Waals surface area contributed by atoms with Crippen molar-refractivity contribution in [1.29, 1.82) is 0 Å². The number of ether oxygens (including phenoxy) is 2. The van der Waals surface area contributed by atoms with E-state index in [1.807, 2.05) is 31.2 Å². The van der Waals surface area contributed by atoms with E-state index < -0.39 is 17.6 Å². The maximum absolute atomic E-state index is 12.7. The molecule has 8 heteroatoms. The molecule has 29 heavy (non-hydrogen) atoms. The van der Waals surface area contributed by atoms with E-state index in [9.17, 15) is 14.4 Å². The van der Waals surface area contributed by atoms with Gasteiger partial charge >= 0.3 is 11.8 Å². The van der Waals surface area contributed by atoms with Gasteiger partial charge in [-0.15, -0.1) is 0 Å². The number of benzene rings is 1. The number of amides is 3. The van der Waals surface area contributed by atoms with Crippen molar-refractivity contribution in [2.75, 3.05) is 45.9 Å². The maximum Gasteiger partial charge on any atom is 0.312 e. The molecule has 3 aliphatic heterocycles. The van der Waals surface area contributed by atoms with Crippen molar-refractivity contribution in [3.05, 3.63) is 35.4 Å². The molecule has 0 atom stereocenters. The summed E-state index contributed by atoms with van der Waals surface area (Å²) in [5.41, 5.74) is 2.11. The number of aryl methyl sites for hydroxylation is 1. The Morgan fingerprint density at radius 3 is 2.34 bits per heavy atom. The predicted molar refractivity (Wildman–Crippen MR) is 104 cm³/mol. The number of rotatable bonds is 4. The Labute approximate surface area is 170 Å². The molecule has 3 aliphatic rings. The van der Waals surface area contributed by atoms with Crippen molar-refractivity contribution in [3.8, 4) is 0 Å². The maximum atomic E-state index is 12.7. The van der Waals surface area contributed by atoms with Crippen LogP contribution in [0.15, 0.2) is 24.3 Å². The van der Waals surface area contributed by atoms with Crippen molar-refractivity contribution in [3.63, 3.8) is 0 Å². The van der Waals surface area contributed by atoms with Crippen LogP contribution < -0.4 is 0 Å². The van der Waals surface area contributed by atoms with Gasteiger partial charge in [-0.1, -0.05) is 29.8 Å². The second-order valence-electron chi connectivity index (χ2n) is 7.93. The quantitative estimate of drug-likeness (QED) is 0.688. The number of likely N-dealkylation sites (tertiary alicyclic amines) is 1. The monoisotopic (exact) mass is 401 g/mol.